The van der Waals surface area contributed by atoms with Crippen LogP contribution in [0.3, 0.4) is 0 Å². The molecule has 5 aromatic rings. The summed E-state index contributed by atoms with van der Waals surface area (Å²) in [5.41, 5.74) is 4.55. The van der Waals surface area contributed by atoms with Gasteiger partial charge in [0.15, 0.2) is 0 Å². The van der Waals surface area contributed by atoms with Gasteiger partial charge in [-0.1, -0.05) is 60.2 Å². The zero-order valence-electron chi connectivity index (χ0n) is 20.5. The standard InChI is InChI=1S/C29H24N6O2/c1-19-8-6-13-24(14-19)26(36)34(18-23-12-7-11-22(15-23)17-30)29-32-28-31-20(2)25(27(37)35(28)33-29)16-21-9-4-3-5-10-21/h3-15H,16,18H2,1-2H3,(H,31,32,33). The molecule has 3 aromatic carbocycles. The summed E-state index contributed by atoms with van der Waals surface area (Å²) in [7, 11) is 0. The molecule has 0 saturated carbocycles. The number of nitriles is 1. The quantitative estimate of drug-likeness (QED) is 0.383. The van der Waals surface area contributed by atoms with Crippen molar-refractivity contribution in [1.82, 2.24) is 19.6 Å². The van der Waals surface area contributed by atoms with Gasteiger partial charge in [0.25, 0.3) is 17.2 Å². The molecule has 182 valence electrons. The van der Waals surface area contributed by atoms with E-state index in [-0.39, 0.29) is 29.7 Å². The van der Waals surface area contributed by atoms with Crippen LogP contribution in [-0.4, -0.2) is 25.5 Å². The predicted molar refractivity (Wildman–Crippen MR) is 140 cm³/mol. The molecule has 0 atom stereocenters. The van der Waals surface area contributed by atoms with Gasteiger partial charge in [0.1, 0.15) is 0 Å². The Morgan fingerprint density at radius 3 is 2.49 bits per heavy atom. The number of carbonyl (C=O) groups is 1. The zero-order chi connectivity index (χ0) is 25.9. The maximum Gasteiger partial charge on any atom is 0.277 e. The van der Waals surface area contributed by atoms with Gasteiger partial charge in [-0.25, -0.2) is 4.98 Å². The second kappa shape index (κ2) is 9.91. The van der Waals surface area contributed by atoms with E-state index in [0.29, 0.717) is 28.8 Å². The molecule has 0 radical (unpaired) electrons. The lowest BCUT2D eigenvalue weighted by atomic mass is 10.1. The molecule has 0 saturated heterocycles. The first-order chi connectivity index (χ1) is 17.9. The molecule has 0 fully saturated rings. The minimum Gasteiger partial charge on any atom is -0.272 e. The van der Waals surface area contributed by atoms with Crippen molar-refractivity contribution in [3.63, 3.8) is 0 Å². The minimum atomic E-state index is -0.292. The number of aryl methyl sites for hydroxylation is 2. The highest BCUT2D eigenvalue weighted by Gasteiger charge is 2.23. The van der Waals surface area contributed by atoms with Crippen LogP contribution in [0.1, 0.15) is 43.9 Å². The number of H-pyrrole nitrogens is 1. The van der Waals surface area contributed by atoms with E-state index < -0.39 is 0 Å². The predicted octanol–water partition coefficient (Wildman–Crippen LogP) is 4.34. The summed E-state index contributed by atoms with van der Waals surface area (Å²) in [6.07, 6.45) is 0.433. The average molecular weight is 489 g/mol. The summed E-state index contributed by atoms with van der Waals surface area (Å²) in [4.78, 5) is 37.7. The minimum absolute atomic E-state index is 0.146. The zero-order valence-corrected chi connectivity index (χ0v) is 20.5. The van der Waals surface area contributed by atoms with Crippen LogP contribution in [0.25, 0.3) is 5.78 Å². The largest absolute Gasteiger partial charge is 0.277 e. The Balaban J connectivity index is 1.60. The van der Waals surface area contributed by atoms with E-state index in [0.717, 1.165) is 16.7 Å². The third-order valence-corrected chi connectivity index (χ3v) is 6.17. The summed E-state index contributed by atoms with van der Waals surface area (Å²) >= 11 is 0. The number of hydrogen-bond acceptors (Lipinski definition) is 5. The van der Waals surface area contributed by atoms with Crippen LogP contribution < -0.4 is 10.5 Å². The fraction of sp³-hybridized carbons (Fsp3) is 0.138. The van der Waals surface area contributed by atoms with E-state index in [1.807, 2.05) is 55.5 Å². The molecule has 0 spiro atoms. The van der Waals surface area contributed by atoms with Gasteiger partial charge in [-0.3, -0.25) is 19.6 Å². The van der Waals surface area contributed by atoms with E-state index in [9.17, 15) is 14.9 Å². The Morgan fingerprint density at radius 1 is 0.973 bits per heavy atom. The lowest BCUT2D eigenvalue weighted by molar-refractivity contribution is 0.0983. The summed E-state index contributed by atoms with van der Waals surface area (Å²) in [5, 5.41) is 12.3. The lowest BCUT2D eigenvalue weighted by Crippen LogP contribution is -2.31. The monoisotopic (exact) mass is 488 g/mol. The van der Waals surface area contributed by atoms with Crippen molar-refractivity contribution >= 4 is 17.6 Å². The number of amides is 1. The van der Waals surface area contributed by atoms with Gasteiger partial charge >= 0.3 is 0 Å². The number of hydrogen-bond donors (Lipinski definition) is 1. The molecular formula is C29H24N6O2. The Bertz CT molecular complexity index is 1710. The van der Waals surface area contributed by atoms with Crippen LogP contribution in [0.2, 0.25) is 0 Å². The SMILES string of the molecule is Cc1cccc(C(=O)N(Cc2cccc(C#N)c2)c2nc3nc(C)c(Cc4ccccc4)c(=O)n3[nH]2)c1. The third kappa shape index (κ3) is 4.88. The number of nitrogens with one attached hydrogen (secondary N) is 1. The fourth-order valence-electron chi connectivity index (χ4n) is 4.27. The molecule has 2 aromatic heterocycles. The van der Waals surface area contributed by atoms with Crippen LogP contribution in [0.5, 0.6) is 0 Å². The first-order valence-electron chi connectivity index (χ1n) is 11.8. The molecule has 5 rings (SSSR count). The van der Waals surface area contributed by atoms with Crippen LogP contribution in [0.4, 0.5) is 5.95 Å². The van der Waals surface area contributed by atoms with Gasteiger partial charge in [0, 0.05) is 17.5 Å². The highest BCUT2D eigenvalue weighted by atomic mass is 16.2. The van der Waals surface area contributed by atoms with Crippen molar-refractivity contribution in [2.24, 2.45) is 0 Å². The van der Waals surface area contributed by atoms with Crippen LogP contribution in [-0.2, 0) is 13.0 Å². The Labute approximate surface area is 213 Å². The van der Waals surface area contributed by atoms with Crippen molar-refractivity contribution in [3.05, 3.63) is 128 Å². The Morgan fingerprint density at radius 2 is 1.73 bits per heavy atom. The fourth-order valence-corrected chi connectivity index (χ4v) is 4.27. The summed E-state index contributed by atoms with van der Waals surface area (Å²) < 4.78 is 1.28. The van der Waals surface area contributed by atoms with Crippen molar-refractivity contribution in [3.8, 4) is 6.07 Å². The van der Waals surface area contributed by atoms with Crippen LogP contribution in [0, 0.1) is 25.2 Å². The van der Waals surface area contributed by atoms with Crippen LogP contribution in [0.15, 0.2) is 83.7 Å². The Kier molecular flexibility index (Phi) is 6.35. The number of fused-ring (bicyclic) bond motifs is 1. The van der Waals surface area contributed by atoms with Gasteiger partial charge in [-0.05, 0) is 49.2 Å². The van der Waals surface area contributed by atoms with Crippen molar-refractivity contribution in [1.29, 1.82) is 5.26 Å². The van der Waals surface area contributed by atoms with Gasteiger partial charge < -0.3 is 0 Å². The number of anilines is 1. The molecule has 37 heavy (non-hydrogen) atoms. The number of rotatable bonds is 6. The van der Waals surface area contributed by atoms with Gasteiger partial charge in [-0.15, -0.1) is 0 Å². The Hall–Kier alpha value is -5.03. The molecule has 0 aliphatic carbocycles. The summed E-state index contributed by atoms with van der Waals surface area (Å²) in [6.45, 7) is 3.85. The summed E-state index contributed by atoms with van der Waals surface area (Å²) in [5.74, 6) is 0.0799. The van der Waals surface area contributed by atoms with E-state index >= 15 is 0 Å². The van der Waals surface area contributed by atoms with Gasteiger partial charge in [-0.2, -0.15) is 14.8 Å². The number of nitrogens with zero attached hydrogens (tertiary/aromatic N) is 5. The van der Waals surface area contributed by atoms with E-state index in [1.54, 1.807) is 37.3 Å². The lowest BCUT2D eigenvalue weighted by Gasteiger charge is -2.20. The van der Waals surface area contributed by atoms with E-state index in [1.165, 1.54) is 9.42 Å². The highest BCUT2D eigenvalue weighted by molar-refractivity contribution is 6.05. The normalized spacial score (nSPS) is 10.8. The van der Waals surface area contributed by atoms with Crippen molar-refractivity contribution < 1.29 is 4.79 Å². The number of aromatic nitrogens is 4. The van der Waals surface area contributed by atoms with Gasteiger partial charge in [0.2, 0.25) is 5.95 Å². The number of benzene rings is 3. The van der Waals surface area contributed by atoms with Crippen molar-refractivity contribution in [2.45, 2.75) is 26.8 Å². The maximum atomic E-state index is 13.7. The second-order valence-electron chi connectivity index (χ2n) is 8.90. The topological polar surface area (TPSA) is 107 Å². The third-order valence-electron chi connectivity index (χ3n) is 6.17. The first kappa shape index (κ1) is 23.7. The highest BCUT2D eigenvalue weighted by Crippen LogP contribution is 2.19. The molecule has 1 amide bonds. The number of carbonyl (C=O) groups excluding carboxylic acids is 1. The summed E-state index contributed by atoms with van der Waals surface area (Å²) in [6, 6.07) is 26.2. The van der Waals surface area contributed by atoms with Gasteiger partial charge in [0.05, 0.1) is 23.9 Å². The molecule has 0 unspecified atom stereocenters. The molecule has 0 aliphatic rings. The molecule has 8 heteroatoms. The molecule has 0 aliphatic heterocycles. The smallest absolute Gasteiger partial charge is 0.272 e. The van der Waals surface area contributed by atoms with E-state index in [4.69, 9.17) is 0 Å². The molecule has 2 heterocycles. The van der Waals surface area contributed by atoms with Crippen LogP contribution >= 0.6 is 0 Å². The average Bonchev–Trinajstić information content (AvgIpc) is 3.34. The number of aromatic amines is 1. The van der Waals surface area contributed by atoms with E-state index in [2.05, 4.69) is 21.1 Å². The second-order valence-corrected chi connectivity index (χ2v) is 8.90. The van der Waals surface area contributed by atoms with Crippen molar-refractivity contribution in [2.75, 3.05) is 4.90 Å². The molecule has 0 bridgehead atoms. The molecule has 8 nitrogen and oxygen atoms in total. The molecule has 1 N–H and O–H groups in total. The maximum absolute atomic E-state index is 13.7. The first-order valence-corrected chi connectivity index (χ1v) is 11.8. The molecular weight excluding hydrogens is 464 g/mol.